The Labute approximate surface area is 172 Å². The second-order valence-corrected chi connectivity index (χ2v) is 6.80. The minimum atomic E-state index is -0.509. The third kappa shape index (κ3) is 6.05. The summed E-state index contributed by atoms with van der Waals surface area (Å²) in [6.45, 7) is 0.538. The second kappa shape index (κ2) is 9.70. The van der Waals surface area contributed by atoms with Crippen LogP contribution in [0, 0.1) is 10.1 Å². The van der Waals surface area contributed by atoms with E-state index in [9.17, 15) is 15.2 Å². The van der Waals surface area contributed by atoms with Gasteiger partial charge in [0.05, 0.1) is 4.92 Å². The average molecular weight is 414 g/mol. The number of nitrogens with one attached hydrogen (secondary N) is 2. The first kappa shape index (κ1) is 20.3. The number of hydrogen-bond donors (Lipinski definition) is 3. The standard InChI is InChI=1S/C20H20ClN5O3/c21-15-6-8-16(9-7-15)24-20-23-13-18(26(28)29)19(25-20)22-12-2-1-3-14-4-10-17(27)11-5-14/h4-11,13,27H,1-3,12H2,(H2,22,23,24,25). The molecule has 0 radical (unpaired) electrons. The number of aromatic nitrogens is 2. The number of aryl methyl sites for hydroxylation is 1. The van der Waals surface area contributed by atoms with E-state index >= 15 is 0 Å². The Morgan fingerprint density at radius 1 is 1.07 bits per heavy atom. The van der Waals surface area contributed by atoms with Gasteiger partial charge in [-0.3, -0.25) is 10.1 Å². The van der Waals surface area contributed by atoms with E-state index in [-0.39, 0.29) is 23.2 Å². The van der Waals surface area contributed by atoms with Gasteiger partial charge in [0.2, 0.25) is 11.8 Å². The number of anilines is 3. The molecule has 3 aromatic rings. The number of aromatic hydroxyl groups is 1. The van der Waals surface area contributed by atoms with Crippen molar-refractivity contribution in [3.05, 3.63) is 75.4 Å². The fraction of sp³-hybridized carbons (Fsp3) is 0.200. The fourth-order valence-corrected chi connectivity index (χ4v) is 2.81. The highest BCUT2D eigenvalue weighted by molar-refractivity contribution is 6.30. The minimum Gasteiger partial charge on any atom is -0.508 e. The van der Waals surface area contributed by atoms with Gasteiger partial charge in [-0.2, -0.15) is 4.98 Å². The van der Waals surface area contributed by atoms with Crippen LogP contribution in [0.4, 0.5) is 23.1 Å². The van der Waals surface area contributed by atoms with E-state index in [1.165, 1.54) is 6.20 Å². The molecule has 0 aliphatic carbocycles. The normalized spacial score (nSPS) is 10.5. The molecule has 3 rings (SSSR count). The smallest absolute Gasteiger partial charge is 0.329 e. The highest BCUT2D eigenvalue weighted by atomic mass is 35.5. The second-order valence-electron chi connectivity index (χ2n) is 6.37. The highest BCUT2D eigenvalue weighted by Gasteiger charge is 2.17. The summed E-state index contributed by atoms with van der Waals surface area (Å²) >= 11 is 5.87. The van der Waals surface area contributed by atoms with Gasteiger partial charge in [0.15, 0.2) is 0 Å². The van der Waals surface area contributed by atoms with Crippen LogP contribution >= 0.6 is 11.6 Å². The molecule has 8 nitrogen and oxygen atoms in total. The van der Waals surface area contributed by atoms with Gasteiger partial charge in [-0.25, -0.2) is 4.98 Å². The highest BCUT2D eigenvalue weighted by Crippen LogP contribution is 2.24. The molecule has 0 spiro atoms. The summed E-state index contributed by atoms with van der Waals surface area (Å²) in [4.78, 5) is 19.0. The summed E-state index contributed by atoms with van der Waals surface area (Å²) in [7, 11) is 0. The molecule has 0 fully saturated rings. The number of benzene rings is 2. The van der Waals surface area contributed by atoms with Gasteiger partial charge in [-0.15, -0.1) is 0 Å². The lowest BCUT2D eigenvalue weighted by molar-refractivity contribution is -0.384. The molecule has 9 heteroatoms. The zero-order valence-corrected chi connectivity index (χ0v) is 16.3. The van der Waals surface area contributed by atoms with Gasteiger partial charge in [-0.05, 0) is 61.2 Å². The monoisotopic (exact) mass is 413 g/mol. The zero-order valence-electron chi connectivity index (χ0n) is 15.5. The van der Waals surface area contributed by atoms with Crippen LogP contribution in [0.15, 0.2) is 54.7 Å². The molecule has 2 aromatic carbocycles. The third-order valence-electron chi connectivity index (χ3n) is 4.19. The summed E-state index contributed by atoms with van der Waals surface area (Å²) in [6.07, 6.45) is 3.75. The van der Waals surface area contributed by atoms with Crippen molar-refractivity contribution in [3.63, 3.8) is 0 Å². The van der Waals surface area contributed by atoms with Crippen molar-refractivity contribution >= 4 is 34.7 Å². The Kier molecular flexibility index (Phi) is 6.80. The first-order chi connectivity index (χ1) is 14.0. The van der Waals surface area contributed by atoms with Crippen LogP contribution in [-0.4, -0.2) is 26.5 Å². The van der Waals surface area contributed by atoms with Crippen LogP contribution < -0.4 is 10.6 Å². The molecule has 0 unspecified atom stereocenters. The zero-order chi connectivity index (χ0) is 20.6. The quantitative estimate of drug-likeness (QED) is 0.259. The maximum absolute atomic E-state index is 11.3. The van der Waals surface area contributed by atoms with E-state index < -0.39 is 4.92 Å². The Bertz CT molecular complexity index is 965. The lowest BCUT2D eigenvalue weighted by Gasteiger charge is -2.09. The van der Waals surface area contributed by atoms with Crippen LogP contribution in [0.25, 0.3) is 0 Å². The molecule has 0 atom stereocenters. The summed E-state index contributed by atoms with van der Waals surface area (Å²) in [5, 5.41) is 27.2. The Morgan fingerprint density at radius 3 is 2.48 bits per heavy atom. The summed E-state index contributed by atoms with van der Waals surface area (Å²) in [5.74, 6) is 0.671. The molecular formula is C20H20ClN5O3. The molecular weight excluding hydrogens is 394 g/mol. The topological polar surface area (TPSA) is 113 Å². The molecule has 150 valence electrons. The van der Waals surface area contributed by atoms with Crippen LogP contribution in [-0.2, 0) is 6.42 Å². The van der Waals surface area contributed by atoms with Gasteiger partial charge < -0.3 is 15.7 Å². The van der Waals surface area contributed by atoms with Gasteiger partial charge in [0, 0.05) is 17.3 Å². The molecule has 0 aliphatic heterocycles. The number of phenolic OH excluding ortho intramolecular Hbond substituents is 1. The van der Waals surface area contributed by atoms with Crippen molar-refractivity contribution < 1.29 is 10.0 Å². The van der Waals surface area contributed by atoms with E-state index in [2.05, 4.69) is 20.6 Å². The van der Waals surface area contributed by atoms with Crippen LogP contribution in [0.5, 0.6) is 5.75 Å². The van der Waals surface area contributed by atoms with Crippen molar-refractivity contribution in [3.8, 4) is 5.75 Å². The Balaban J connectivity index is 1.58. The van der Waals surface area contributed by atoms with Crippen molar-refractivity contribution in [2.45, 2.75) is 19.3 Å². The van der Waals surface area contributed by atoms with E-state index in [1.54, 1.807) is 36.4 Å². The number of halogens is 1. The molecule has 1 heterocycles. The summed E-state index contributed by atoms with van der Waals surface area (Å²) < 4.78 is 0. The van der Waals surface area contributed by atoms with Gasteiger partial charge >= 0.3 is 5.69 Å². The van der Waals surface area contributed by atoms with Crippen LogP contribution in [0.3, 0.4) is 0 Å². The van der Waals surface area contributed by atoms with Gasteiger partial charge in [0.1, 0.15) is 11.9 Å². The molecule has 0 saturated heterocycles. The number of phenols is 1. The van der Waals surface area contributed by atoms with Gasteiger partial charge in [-0.1, -0.05) is 23.7 Å². The summed E-state index contributed by atoms with van der Waals surface area (Å²) in [6, 6.07) is 14.1. The molecule has 1 aromatic heterocycles. The van der Waals surface area contributed by atoms with E-state index in [1.807, 2.05) is 12.1 Å². The van der Waals surface area contributed by atoms with Crippen molar-refractivity contribution in [1.82, 2.24) is 9.97 Å². The molecule has 0 bridgehead atoms. The van der Waals surface area contributed by atoms with Gasteiger partial charge in [0.25, 0.3) is 0 Å². The summed E-state index contributed by atoms with van der Waals surface area (Å²) in [5.41, 5.74) is 1.68. The first-order valence-electron chi connectivity index (χ1n) is 9.07. The molecule has 0 aliphatic rings. The Morgan fingerprint density at radius 2 is 1.79 bits per heavy atom. The van der Waals surface area contributed by atoms with Crippen molar-refractivity contribution in [2.24, 2.45) is 0 Å². The number of hydrogen-bond acceptors (Lipinski definition) is 7. The maximum atomic E-state index is 11.3. The molecule has 29 heavy (non-hydrogen) atoms. The number of unbranched alkanes of at least 4 members (excludes halogenated alkanes) is 1. The van der Waals surface area contributed by atoms with E-state index in [0.29, 0.717) is 11.6 Å². The third-order valence-corrected chi connectivity index (χ3v) is 4.44. The lowest BCUT2D eigenvalue weighted by Crippen LogP contribution is -2.09. The van der Waals surface area contributed by atoms with Crippen LogP contribution in [0.1, 0.15) is 18.4 Å². The van der Waals surface area contributed by atoms with E-state index in [4.69, 9.17) is 11.6 Å². The minimum absolute atomic E-state index is 0.172. The fourth-order valence-electron chi connectivity index (χ4n) is 2.69. The largest absolute Gasteiger partial charge is 0.508 e. The van der Waals surface area contributed by atoms with E-state index in [0.717, 1.165) is 30.5 Å². The first-order valence-corrected chi connectivity index (χ1v) is 9.45. The maximum Gasteiger partial charge on any atom is 0.329 e. The number of nitrogens with zero attached hydrogens (tertiary/aromatic N) is 3. The van der Waals surface area contributed by atoms with Crippen molar-refractivity contribution in [2.75, 3.05) is 17.2 Å². The number of nitro groups is 1. The predicted octanol–water partition coefficient (Wildman–Crippen LogP) is 4.92. The Hall–Kier alpha value is -3.39. The average Bonchev–Trinajstić information content (AvgIpc) is 2.71. The van der Waals surface area contributed by atoms with Crippen LogP contribution in [0.2, 0.25) is 5.02 Å². The molecule has 0 amide bonds. The number of rotatable bonds is 9. The predicted molar refractivity (Wildman–Crippen MR) is 113 cm³/mol. The SMILES string of the molecule is O=[N+]([O-])c1cnc(Nc2ccc(Cl)cc2)nc1NCCCCc1ccc(O)cc1. The van der Waals surface area contributed by atoms with Crippen molar-refractivity contribution in [1.29, 1.82) is 0 Å². The lowest BCUT2D eigenvalue weighted by atomic mass is 10.1. The molecule has 3 N–H and O–H groups in total. The molecule has 0 saturated carbocycles.